The monoisotopic (exact) mass is 194 g/mol. The highest BCUT2D eigenvalue weighted by atomic mass is 16.5. The molecule has 1 aromatic heterocycles. The summed E-state index contributed by atoms with van der Waals surface area (Å²) in [5.74, 6) is -0.0371. The number of nitrogen functional groups attached to an aromatic ring is 1. The minimum Gasteiger partial charge on any atom is -0.398 e. The van der Waals surface area contributed by atoms with Gasteiger partial charge in [-0.3, -0.25) is 9.78 Å². The fourth-order valence-corrected chi connectivity index (χ4v) is 1.09. The quantitative estimate of drug-likeness (QED) is 0.733. The first-order chi connectivity index (χ1) is 6.65. The number of ether oxygens (including phenoxy) is 1. The molecule has 1 atom stereocenters. The van der Waals surface area contributed by atoms with Crippen LogP contribution < -0.4 is 5.73 Å². The number of aromatic nitrogens is 1. The van der Waals surface area contributed by atoms with Crippen LogP contribution >= 0.6 is 0 Å². The zero-order valence-corrected chi connectivity index (χ0v) is 8.36. The molecular weight excluding hydrogens is 180 g/mol. The van der Waals surface area contributed by atoms with Gasteiger partial charge in [-0.05, 0) is 13.0 Å². The number of anilines is 1. The molecule has 0 aliphatic rings. The predicted molar refractivity (Wildman–Crippen MR) is 54.1 cm³/mol. The molecule has 1 unspecified atom stereocenters. The second kappa shape index (κ2) is 4.72. The summed E-state index contributed by atoms with van der Waals surface area (Å²) < 4.78 is 5.00. The Kier molecular flexibility index (Phi) is 3.59. The van der Waals surface area contributed by atoms with E-state index in [4.69, 9.17) is 10.5 Å². The molecule has 0 saturated heterocycles. The highest BCUT2D eigenvalue weighted by molar-refractivity contribution is 6.00. The topological polar surface area (TPSA) is 65.2 Å². The summed E-state index contributed by atoms with van der Waals surface area (Å²) in [5.41, 5.74) is 6.57. The molecule has 0 aliphatic heterocycles. The lowest BCUT2D eigenvalue weighted by molar-refractivity contribution is 0.0792. The smallest absolute Gasteiger partial charge is 0.169 e. The minimum absolute atomic E-state index is 0.0371. The van der Waals surface area contributed by atoms with E-state index in [-0.39, 0.29) is 11.9 Å². The van der Waals surface area contributed by atoms with Crippen molar-refractivity contribution < 1.29 is 9.53 Å². The third-order valence-electron chi connectivity index (χ3n) is 2.03. The Morgan fingerprint density at radius 1 is 1.71 bits per heavy atom. The Morgan fingerprint density at radius 3 is 3.00 bits per heavy atom. The number of pyridine rings is 1. The Bertz CT molecular complexity index is 326. The van der Waals surface area contributed by atoms with E-state index in [0.29, 0.717) is 17.7 Å². The molecule has 0 fully saturated rings. The lowest BCUT2D eigenvalue weighted by Crippen LogP contribution is -2.13. The van der Waals surface area contributed by atoms with Crippen LogP contribution in [0.25, 0.3) is 0 Å². The van der Waals surface area contributed by atoms with Gasteiger partial charge in [-0.2, -0.15) is 0 Å². The van der Waals surface area contributed by atoms with Crippen LogP contribution in [-0.2, 0) is 4.74 Å². The number of ketones is 1. The van der Waals surface area contributed by atoms with Gasteiger partial charge in [0.05, 0.1) is 11.7 Å². The number of carbonyl (C=O) groups excluding carboxylic acids is 1. The summed E-state index contributed by atoms with van der Waals surface area (Å²) in [4.78, 5) is 15.5. The number of methoxy groups -OCH3 is 1. The van der Waals surface area contributed by atoms with Crippen LogP contribution in [0.2, 0.25) is 0 Å². The molecule has 0 aliphatic carbocycles. The lowest BCUT2D eigenvalue weighted by atomic mass is 10.1. The number of carbonyl (C=O) groups is 1. The normalized spacial score (nSPS) is 12.4. The molecule has 0 amide bonds. The van der Waals surface area contributed by atoms with Crippen molar-refractivity contribution in [2.24, 2.45) is 0 Å². The summed E-state index contributed by atoms with van der Waals surface area (Å²) in [7, 11) is 1.57. The first-order valence-electron chi connectivity index (χ1n) is 4.40. The molecule has 76 valence electrons. The summed E-state index contributed by atoms with van der Waals surface area (Å²) in [6.45, 7) is 1.84. The van der Waals surface area contributed by atoms with Crippen molar-refractivity contribution in [3.05, 3.63) is 24.0 Å². The molecule has 4 nitrogen and oxygen atoms in total. The fourth-order valence-electron chi connectivity index (χ4n) is 1.09. The number of hydrogen-bond acceptors (Lipinski definition) is 4. The van der Waals surface area contributed by atoms with Gasteiger partial charge in [0.15, 0.2) is 5.78 Å². The predicted octanol–water partition coefficient (Wildman–Crippen LogP) is 1.27. The van der Waals surface area contributed by atoms with Crippen LogP contribution in [0, 0.1) is 0 Å². The molecule has 4 heteroatoms. The number of rotatable bonds is 4. The zero-order chi connectivity index (χ0) is 10.6. The van der Waals surface area contributed by atoms with Gasteiger partial charge < -0.3 is 10.5 Å². The van der Waals surface area contributed by atoms with Gasteiger partial charge in [-0.25, -0.2) is 0 Å². The summed E-state index contributed by atoms with van der Waals surface area (Å²) >= 11 is 0. The molecule has 0 bridgehead atoms. The van der Waals surface area contributed by atoms with Crippen LogP contribution in [0.1, 0.15) is 23.7 Å². The molecule has 0 spiro atoms. The maximum atomic E-state index is 11.6. The van der Waals surface area contributed by atoms with Crippen molar-refractivity contribution in [2.45, 2.75) is 19.4 Å². The van der Waals surface area contributed by atoms with Crippen LogP contribution in [0.4, 0.5) is 5.69 Å². The summed E-state index contributed by atoms with van der Waals surface area (Å²) in [6.07, 6.45) is 3.28. The van der Waals surface area contributed by atoms with Gasteiger partial charge >= 0.3 is 0 Å². The molecule has 1 heterocycles. The Labute approximate surface area is 83.1 Å². The van der Waals surface area contributed by atoms with Crippen molar-refractivity contribution in [3.63, 3.8) is 0 Å². The molecule has 0 aromatic carbocycles. The summed E-state index contributed by atoms with van der Waals surface area (Å²) in [5, 5.41) is 0. The van der Waals surface area contributed by atoms with Crippen LogP contribution in [0.3, 0.4) is 0 Å². The van der Waals surface area contributed by atoms with Crippen molar-refractivity contribution in [2.75, 3.05) is 12.8 Å². The van der Waals surface area contributed by atoms with Gasteiger partial charge in [0.2, 0.25) is 0 Å². The SMILES string of the molecule is COC(C)CC(=O)c1cnccc1N. The third kappa shape index (κ3) is 2.53. The van der Waals surface area contributed by atoms with E-state index in [1.54, 1.807) is 19.4 Å². The van der Waals surface area contributed by atoms with Crippen molar-refractivity contribution in [1.82, 2.24) is 4.98 Å². The van der Waals surface area contributed by atoms with E-state index >= 15 is 0 Å². The number of nitrogens with two attached hydrogens (primary N) is 1. The average Bonchev–Trinajstić information content (AvgIpc) is 2.18. The molecule has 0 radical (unpaired) electrons. The maximum Gasteiger partial charge on any atom is 0.169 e. The Hall–Kier alpha value is -1.42. The zero-order valence-electron chi connectivity index (χ0n) is 8.36. The molecule has 1 rings (SSSR count). The van der Waals surface area contributed by atoms with Gasteiger partial charge in [0, 0.05) is 31.6 Å². The number of Topliss-reactive ketones (excluding diaryl/α,β-unsaturated/α-hetero) is 1. The van der Waals surface area contributed by atoms with Crippen LogP contribution in [0.5, 0.6) is 0 Å². The van der Waals surface area contributed by atoms with E-state index in [9.17, 15) is 4.79 Å². The van der Waals surface area contributed by atoms with Crippen LogP contribution in [-0.4, -0.2) is 24.0 Å². The average molecular weight is 194 g/mol. The molecular formula is C10H14N2O2. The third-order valence-corrected chi connectivity index (χ3v) is 2.03. The summed E-state index contributed by atoms with van der Waals surface area (Å²) in [6, 6.07) is 1.62. The lowest BCUT2D eigenvalue weighted by Gasteiger charge is -2.08. The van der Waals surface area contributed by atoms with Gasteiger partial charge in [0.1, 0.15) is 0 Å². The van der Waals surface area contributed by atoms with E-state index in [2.05, 4.69) is 4.98 Å². The van der Waals surface area contributed by atoms with E-state index in [1.165, 1.54) is 6.20 Å². The first-order valence-corrected chi connectivity index (χ1v) is 4.40. The molecule has 1 aromatic rings. The molecule has 14 heavy (non-hydrogen) atoms. The minimum atomic E-state index is -0.0953. The van der Waals surface area contributed by atoms with Crippen molar-refractivity contribution in [3.8, 4) is 0 Å². The van der Waals surface area contributed by atoms with Gasteiger partial charge in [-0.15, -0.1) is 0 Å². The van der Waals surface area contributed by atoms with Crippen molar-refractivity contribution in [1.29, 1.82) is 0 Å². The largest absolute Gasteiger partial charge is 0.398 e. The van der Waals surface area contributed by atoms with E-state index in [0.717, 1.165) is 0 Å². The number of nitrogens with zero attached hydrogens (tertiary/aromatic N) is 1. The Morgan fingerprint density at radius 2 is 2.43 bits per heavy atom. The number of hydrogen-bond donors (Lipinski definition) is 1. The second-order valence-corrected chi connectivity index (χ2v) is 3.14. The maximum absolute atomic E-state index is 11.6. The van der Waals surface area contributed by atoms with E-state index < -0.39 is 0 Å². The standard InChI is InChI=1S/C10H14N2O2/c1-7(14-2)5-10(13)8-6-12-4-3-9(8)11/h3-4,6-7H,5H2,1-2H3,(H2,11,12). The van der Waals surface area contributed by atoms with E-state index in [1.807, 2.05) is 6.92 Å². The van der Waals surface area contributed by atoms with Crippen LogP contribution in [0.15, 0.2) is 18.5 Å². The highest BCUT2D eigenvalue weighted by Crippen LogP contribution is 2.12. The van der Waals surface area contributed by atoms with Gasteiger partial charge in [0.25, 0.3) is 0 Å². The van der Waals surface area contributed by atoms with Crippen molar-refractivity contribution >= 4 is 11.5 Å². The first kappa shape index (κ1) is 10.7. The van der Waals surface area contributed by atoms with Gasteiger partial charge in [-0.1, -0.05) is 0 Å². The fraction of sp³-hybridized carbons (Fsp3) is 0.400. The molecule has 2 N–H and O–H groups in total. The highest BCUT2D eigenvalue weighted by Gasteiger charge is 2.13. The molecule has 0 saturated carbocycles. The second-order valence-electron chi connectivity index (χ2n) is 3.14. The Balaban J connectivity index is 2.75.